The predicted molar refractivity (Wildman–Crippen MR) is 89.7 cm³/mol. The summed E-state index contributed by atoms with van der Waals surface area (Å²) < 4.78 is 4.70. The molecule has 6 heteroatoms. The molecule has 6 nitrogen and oxygen atoms in total. The van der Waals surface area contributed by atoms with Gasteiger partial charge >= 0.3 is 12.1 Å². The Hall–Kier alpha value is -2.24. The smallest absolute Gasteiger partial charge is 0.409 e. The van der Waals surface area contributed by atoms with Crippen molar-refractivity contribution >= 4 is 17.8 Å². The van der Waals surface area contributed by atoms with Crippen molar-refractivity contribution in [2.75, 3.05) is 25.5 Å². The van der Waals surface area contributed by atoms with Crippen molar-refractivity contribution in [2.24, 2.45) is 0 Å². The summed E-state index contributed by atoms with van der Waals surface area (Å²) in [5.74, 6) is 0.470. The van der Waals surface area contributed by atoms with Crippen LogP contribution in [0.3, 0.4) is 0 Å². The molecule has 3 amide bonds. The fraction of sp³-hybridized carbons (Fsp3) is 0.529. The van der Waals surface area contributed by atoms with Gasteiger partial charge in [0.2, 0.25) is 0 Å². The number of ether oxygens (including phenoxy) is 1. The number of anilines is 1. The molecule has 0 bridgehead atoms. The number of piperidine rings is 1. The highest BCUT2D eigenvalue weighted by molar-refractivity contribution is 5.89. The van der Waals surface area contributed by atoms with Gasteiger partial charge < -0.3 is 20.3 Å². The molecule has 1 fully saturated rings. The number of hydrogen-bond donors (Lipinski definition) is 2. The number of rotatable bonds is 3. The summed E-state index contributed by atoms with van der Waals surface area (Å²) in [4.78, 5) is 25.1. The van der Waals surface area contributed by atoms with Crippen LogP contribution in [0.1, 0.15) is 38.2 Å². The number of nitrogens with one attached hydrogen (secondary N) is 2. The van der Waals surface area contributed by atoms with Gasteiger partial charge in [-0.2, -0.15) is 0 Å². The molecule has 1 aliphatic rings. The van der Waals surface area contributed by atoms with Crippen molar-refractivity contribution in [1.82, 2.24) is 10.2 Å². The summed E-state index contributed by atoms with van der Waals surface area (Å²) in [6, 6.07) is 7.73. The molecule has 0 spiro atoms. The summed E-state index contributed by atoms with van der Waals surface area (Å²) in [7, 11) is 1.38. The Morgan fingerprint density at radius 3 is 2.30 bits per heavy atom. The fourth-order valence-electron chi connectivity index (χ4n) is 2.64. The van der Waals surface area contributed by atoms with E-state index in [0.717, 1.165) is 18.5 Å². The number of nitrogens with zero attached hydrogens (tertiary/aromatic N) is 1. The monoisotopic (exact) mass is 319 g/mol. The maximum absolute atomic E-state index is 12.0. The maximum Gasteiger partial charge on any atom is 0.409 e. The molecule has 2 rings (SSSR count). The zero-order valence-electron chi connectivity index (χ0n) is 14.0. The minimum Gasteiger partial charge on any atom is -0.453 e. The Morgan fingerprint density at radius 2 is 1.78 bits per heavy atom. The predicted octanol–water partition coefficient (Wildman–Crippen LogP) is 3.16. The first-order valence-corrected chi connectivity index (χ1v) is 8.00. The Kier molecular flexibility index (Phi) is 5.84. The van der Waals surface area contributed by atoms with Gasteiger partial charge in [-0.1, -0.05) is 26.0 Å². The van der Waals surface area contributed by atoms with Crippen molar-refractivity contribution < 1.29 is 14.3 Å². The average Bonchev–Trinajstić information content (AvgIpc) is 2.55. The Bertz CT molecular complexity index is 535. The maximum atomic E-state index is 12.0. The summed E-state index contributed by atoms with van der Waals surface area (Å²) in [5.41, 5.74) is 2.02. The van der Waals surface area contributed by atoms with E-state index in [1.54, 1.807) is 4.90 Å². The molecule has 0 saturated carbocycles. The molecule has 0 aliphatic carbocycles. The molecule has 1 saturated heterocycles. The number of methoxy groups -OCH3 is 1. The molecule has 0 unspecified atom stereocenters. The Morgan fingerprint density at radius 1 is 1.17 bits per heavy atom. The molecule has 0 radical (unpaired) electrons. The molecule has 0 atom stereocenters. The summed E-state index contributed by atoms with van der Waals surface area (Å²) in [6.07, 6.45) is 1.15. The second-order valence-electron chi connectivity index (χ2n) is 6.11. The van der Waals surface area contributed by atoms with Gasteiger partial charge in [0.05, 0.1) is 7.11 Å². The first-order chi connectivity index (χ1) is 11.0. The Balaban J connectivity index is 1.78. The number of carbonyl (C=O) groups excluding carboxylic acids is 2. The van der Waals surface area contributed by atoms with Gasteiger partial charge in [-0.25, -0.2) is 9.59 Å². The van der Waals surface area contributed by atoms with E-state index in [1.807, 2.05) is 24.3 Å². The minimum atomic E-state index is -0.307. The highest BCUT2D eigenvalue weighted by Crippen LogP contribution is 2.17. The van der Waals surface area contributed by atoms with Crippen LogP contribution in [0.5, 0.6) is 0 Å². The normalized spacial score (nSPS) is 15.4. The van der Waals surface area contributed by atoms with Crippen LogP contribution in [-0.4, -0.2) is 43.3 Å². The van der Waals surface area contributed by atoms with E-state index in [2.05, 4.69) is 24.5 Å². The van der Waals surface area contributed by atoms with Gasteiger partial charge in [-0.05, 0) is 36.5 Å². The molecule has 0 aromatic heterocycles. The highest BCUT2D eigenvalue weighted by Gasteiger charge is 2.24. The van der Waals surface area contributed by atoms with E-state index in [-0.39, 0.29) is 18.2 Å². The molecule has 126 valence electrons. The highest BCUT2D eigenvalue weighted by atomic mass is 16.5. The third-order valence-corrected chi connectivity index (χ3v) is 4.10. The van der Waals surface area contributed by atoms with Crippen molar-refractivity contribution in [3.63, 3.8) is 0 Å². The van der Waals surface area contributed by atoms with Gasteiger partial charge in [0, 0.05) is 24.8 Å². The van der Waals surface area contributed by atoms with Crippen molar-refractivity contribution in [2.45, 2.75) is 38.6 Å². The van der Waals surface area contributed by atoms with Crippen LogP contribution < -0.4 is 10.6 Å². The number of hydrogen-bond acceptors (Lipinski definition) is 3. The van der Waals surface area contributed by atoms with Crippen LogP contribution in [0, 0.1) is 0 Å². The summed E-state index contributed by atoms with van der Waals surface area (Å²) in [6.45, 7) is 5.47. The average molecular weight is 319 g/mol. The molecule has 1 aromatic carbocycles. The number of carbonyl (C=O) groups is 2. The van der Waals surface area contributed by atoms with E-state index < -0.39 is 0 Å². The fourth-order valence-corrected chi connectivity index (χ4v) is 2.64. The van der Waals surface area contributed by atoms with E-state index in [4.69, 9.17) is 4.74 Å². The summed E-state index contributed by atoms with van der Waals surface area (Å²) in [5, 5.41) is 5.80. The molecule has 1 aliphatic heterocycles. The van der Waals surface area contributed by atoms with Crippen molar-refractivity contribution in [3.8, 4) is 0 Å². The lowest BCUT2D eigenvalue weighted by molar-refractivity contribution is 0.110. The lowest BCUT2D eigenvalue weighted by Crippen LogP contribution is -2.47. The topological polar surface area (TPSA) is 70.7 Å². The quantitative estimate of drug-likeness (QED) is 0.899. The molecule has 2 N–H and O–H groups in total. The van der Waals surface area contributed by atoms with E-state index >= 15 is 0 Å². The van der Waals surface area contributed by atoms with Crippen LogP contribution in [0.15, 0.2) is 24.3 Å². The van der Waals surface area contributed by atoms with Crippen LogP contribution >= 0.6 is 0 Å². The second kappa shape index (κ2) is 7.85. The SMILES string of the molecule is COC(=O)N1CCC(NC(=O)Nc2ccc(C(C)C)cc2)CC1. The lowest BCUT2D eigenvalue weighted by Gasteiger charge is -2.31. The van der Waals surface area contributed by atoms with Gasteiger partial charge in [0.25, 0.3) is 0 Å². The van der Waals surface area contributed by atoms with Crippen LogP contribution in [-0.2, 0) is 4.74 Å². The van der Waals surface area contributed by atoms with Gasteiger partial charge in [0.1, 0.15) is 0 Å². The van der Waals surface area contributed by atoms with E-state index in [0.29, 0.717) is 19.0 Å². The third-order valence-electron chi connectivity index (χ3n) is 4.10. The standard InChI is InChI=1S/C17H25N3O3/c1-12(2)13-4-6-14(7-5-13)18-16(21)19-15-8-10-20(11-9-15)17(22)23-3/h4-7,12,15H,8-11H2,1-3H3,(H2,18,19,21). The zero-order valence-corrected chi connectivity index (χ0v) is 14.0. The molecule has 1 heterocycles. The number of benzene rings is 1. The van der Waals surface area contributed by atoms with Crippen LogP contribution in [0.2, 0.25) is 0 Å². The van der Waals surface area contributed by atoms with Crippen LogP contribution in [0.4, 0.5) is 15.3 Å². The number of amides is 3. The lowest BCUT2D eigenvalue weighted by atomic mass is 10.0. The third kappa shape index (κ3) is 4.87. The molecule has 1 aromatic rings. The largest absolute Gasteiger partial charge is 0.453 e. The van der Waals surface area contributed by atoms with Gasteiger partial charge in [-0.3, -0.25) is 0 Å². The number of urea groups is 1. The Labute approximate surface area is 137 Å². The zero-order chi connectivity index (χ0) is 16.8. The summed E-state index contributed by atoms with van der Waals surface area (Å²) >= 11 is 0. The first-order valence-electron chi connectivity index (χ1n) is 8.00. The molecule has 23 heavy (non-hydrogen) atoms. The van der Waals surface area contributed by atoms with E-state index in [1.165, 1.54) is 12.7 Å². The molecular weight excluding hydrogens is 294 g/mol. The van der Waals surface area contributed by atoms with Crippen molar-refractivity contribution in [1.29, 1.82) is 0 Å². The molecular formula is C17H25N3O3. The number of likely N-dealkylation sites (tertiary alicyclic amines) is 1. The van der Waals surface area contributed by atoms with Gasteiger partial charge in [0.15, 0.2) is 0 Å². The van der Waals surface area contributed by atoms with Gasteiger partial charge in [-0.15, -0.1) is 0 Å². The van der Waals surface area contributed by atoms with Crippen molar-refractivity contribution in [3.05, 3.63) is 29.8 Å². The van der Waals surface area contributed by atoms with E-state index in [9.17, 15) is 9.59 Å². The minimum absolute atomic E-state index is 0.0749. The first kappa shape index (κ1) is 17.1. The van der Waals surface area contributed by atoms with Crippen LogP contribution in [0.25, 0.3) is 0 Å². The second-order valence-corrected chi connectivity index (χ2v) is 6.11.